The Labute approximate surface area is 245 Å². The Morgan fingerprint density at radius 3 is 2.40 bits per heavy atom. The number of carbonyl (C=O) groups is 1. The standard InChI is InChI=1S/C32H34FN3O5S/c1-20-7-10-24(11-8-20)42(38,39)36-28(22-14-16-35(21(2)17-22)31(37)41-32(3,4)5)19-27-25(13-15-34-30(27)36)26-18-23(33)9-12-29(26)40-6/h7-13,15,17-19,21H,14,16H2,1-6H3/t21-/m0/s1. The summed E-state index contributed by atoms with van der Waals surface area (Å²) in [5, 5.41) is 0.523. The zero-order chi connectivity index (χ0) is 30.4. The molecule has 5 rings (SSSR count). The van der Waals surface area contributed by atoms with Gasteiger partial charge in [0.2, 0.25) is 0 Å². The van der Waals surface area contributed by atoms with Crippen LogP contribution in [0, 0.1) is 12.7 Å². The molecule has 0 saturated carbocycles. The molecular weight excluding hydrogens is 557 g/mol. The first kappa shape index (κ1) is 29.3. The lowest BCUT2D eigenvalue weighted by Gasteiger charge is -2.34. The highest BCUT2D eigenvalue weighted by atomic mass is 32.2. The van der Waals surface area contributed by atoms with Gasteiger partial charge in [0.1, 0.15) is 17.2 Å². The molecule has 1 amide bonds. The van der Waals surface area contributed by atoms with Crippen LogP contribution in [0.1, 0.15) is 45.4 Å². The lowest BCUT2D eigenvalue weighted by molar-refractivity contribution is 0.0209. The maximum Gasteiger partial charge on any atom is 0.410 e. The van der Waals surface area contributed by atoms with Gasteiger partial charge in [-0.05, 0) is 94.6 Å². The molecular formula is C32H34FN3O5S. The van der Waals surface area contributed by atoms with Gasteiger partial charge < -0.3 is 14.4 Å². The van der Waals surface area contributed by atoms with Gasteiger partial charge in [0.15, 0.2) is 5.65 Å². The van der Waals surface area contributed by atoms with Crippen molar-refractivity contribution in [2.24, 2.45) is 0 Å². The number of benzene rings is 2. The van der Waals surface area contributed by atoms with Crippen LogP contribution in [0.4, 0.5) is 9.18 Å². The molecule has 42 heavy (non-hydrogen) atoms. The van der Waals surface area contributed by atoms with Crippen LogP contribution in [0.15, 0.2) is 71.8 Å². The zero-order valence-electron chi connectivity index (χ0n) is 24.5. The Kier molecular flexibility index (Phi) is 7.61. The van der Waals surface area contributed by atoms with Gasteiger partial charge in [-0.15, -0.1) is 0 Å². The van der Waals surface area contributed by atoms with Gasteiger partial charge in [-0.1, -0.05) is 23.8 Å². The van der Waals surface area contributed by atoms with Crippen molar-refractivity contribution in [3.63, 3.8) is 0 Å². The van der Waals surface area contributed by atoms with E-state index in [9.17, 15) is 17.6 Å². The minimum absolute atomic E-state index is 0.113. The van der Waals surface area contributed by atoms with Crippen molar-refractivity contribution >= 4 is 32.7 Å². The van der Waals surface area contributed by atoms with Crippen molar-refractivity contribution in [3.05, 3.63) is 83.9 Å². The molecule has 0 bridgehead atoms. The predicted octanol–water partition coefficient (Wildman–Crippen LogP) is 6.81. The monoisotopic (exact) mass is 591 g/mol. The van der Waals surface area contributed by atoms with E-state index >= 15 is 0 Å². The average molecular weight is 592 g/mol. The van der Waals surface area contributed by atoms with E-state index in [1.807, 2.05) is 40.7 Å². The number of pyridine rings is 1. The van der Waals surface area contributed by atoms with Crippen LogP contribution in [0.2, 0.25) is 0 Å². The lowest BCUT2D eigenvalue weighted by atomic mass is 9.99. The van der Waals surface area contributed by atoms with E-state index < -0.39 is 27.5 Å². The first-order valence-electron chi connectivity index (χ1n) is 13.7. The molecule has 220 valence electrons. The molecule has 0 saturated heterocycles. The highest BCUT2D eigenvalue weighted by Crippen LogP contribution is 2.40. The van der Waals surface area contributed by atoms with Crippen LogP contribution in [0.25, 0.3) is 27.7 Å². The first-order valence-corrected chi connectivity index (χ1v) is 15.1. The molecule has 8 nitrogen and oxygen atoms in total. The van der Waals surface area contributed by atoms with Crippen molar-refractivity contribution in [3.8, 4) is 16.9 Å². The van der Waals surface area contributed by atoms with Crippen molar-refractivity contribution in [1.82, 2.24) is 13.9 Å². The molecule has 0 radical (unpaired) electrons. The molecule has 0 N–H and O–H groups in total. The fraction of sp³-hybridized carbons (Fsp3) is 0.312. The minimum Gasteiger partial charge on any atom is -0.496 e. The van der Waals surface area contributed by atoms with Crippen molar-refractivity contribution in [2.45, 2.75) is 57.6 Å². The third-order valence-electron chi connectivity index (χ3n) is 7.19. The summed E-state index contributed by atoms with van der Waals surface area (Å²) in [6.07, 6.45) is 3.35. The number of methoxy groups -OCH3 is 1. The number of halogens is 1. The van der Waals surface area contributed by atoms with Crippen LogP contribution >= 0.6 is 0 Å². The second-order valence-electron chi connectivity index (χ2n) is 11.4. The summed E-state index contributed by atoms with van der Waals surface area (Å²) in [6.45, 7) is 9.53. The van der Waals surface area contributed by atoms with Gasteiger partial charge in [-0.25, -0.2) is 26.6 Å². The molecule has 0 unspecified atom stereocenters. The molecule has 0 fully saturated rings. The molecule has 1 aliphatic rings. The molecule has 3 heterocycles. The number of hydrogen-bond donors (Lipinski definition) is 0. The van der Waals surface area contributed by atoms with Gasteiger partial charge in [0.05, 0.1) is 23.7 Å². The summed E-state index contributed by atoms with van der Waals surface area (Å²) in [4.78, 5) is 19.1. The Balaban J connectivity index is 1.73. The van der Waals surface area contributed by atoms with Crippen LogP contribution in [0.5, 0.6) is 5.75 Å². The molecule has 0 spiro atoms. The number of hydrogen-bond acceptors (Lipinski definition) is 6. The number of amides is 1. The predicted molar refractivity (Wildman–Crippen MR) is 160 cm³/mol. The van der Waals surface area contributed by atoms with Gasteiger partial charge in [0, 0.05) is 23.7 Å². The van der Waals surface area contributed by atoms with E-state index in [0.717, 1.165) is 11.1 Å². The Morgan fingerprint density at radius 1 is 1.05 bits per heavy atom. The quantitative estimate of drug-likeness (QED) is 0.253. The number of aromatic nitrogens is 2. The number of ether oxygens (including phenoxy) is 2. The fourth-order valence-corrected chi connectivity index (χ4v) is 6.68. The van der Waals surface area contributed by atoms with E-state index in [0.29, 0.717) is 40.9 Å². The first-order chi connectivity index (χ1) is 19.8. The summed E-state index contributed by atoms with van der Waals surface area (Å²) < 4.78 is 55.3. The average Bonchev–Trinajstić information content (AvgIpc) is 3.33. The maximum atomic E-state index is 14.4. The number of fused-ring (bicyclic) bond motifs is 1. The van der Waals surface area contributed by atoms with Crippen molar-refractivity contribution < 1.29 is 27.1 Å². The highest BCUT2D eigenvalue weighted by Gasteiger charge is 2.32. The second kappa shape index (κ2) is 10.9. The summed E-state index contributed by atoms with van der Waals surface area (Å²) >= 11 is 0. The Hall–Kier alpha value is -4.18. The third kappa shape index (κ3) is 5.51. The van der Waals surface area contributed by atoms with Gasteiger partial charge >= 0.3 is 6.09 Å². The van der Waals surface area contributed by atoms with Gasteiger partial charge in [0.25, 0.3) is 10.0 Å². The largest absolute Gasteiger partial charge is 0.496 e. The van der Waals surface area contributed by atoms with Crippen molar-refractivity contribution in [2.75, 3.05) is 13.7 Å². The van der Waals surface area contributed by atoms with Crippen LogP contribution in [-0.4, -0.2) is 53.7 Å². The second-order valence-corrected chi connectivity index (χ2v) is 13.2. The summed E-state index contributed by atoms with van der Waals surface area (Å²) in [6, 6.07) is 14.0. The third-order valence-corrected chi connectivity index (χ3v) is 8.90. The maximum absolute atomic E-state index is 14.4. The molecule has 2 aromatic heterocycles. The molecule has 0 aliphatic carbocycles. The van der Waals surface area contributed by atoms with Gasteiger partial charge in [-0.3, -0.25) is 0 Å². The summed E-state index contributed by atoms with van der Waals surface area (Å²) in [7, 11) is -2.61. The SMILES string of the molecule is COc1ccc(F)cc1-c1ccnc2c1cc(C1=C[C@H](C)N(C(=O)OC(C)(C)C)CC1)n2S(=O)(=O)c1ccc(C)cc1. The van der Waals surface area contributed by atoms with Crippen LogP contribution in [0.3, 0.4) is 0 Å². The lowest BCUT2D eigenvalue weighted by Crippen LogP contribution is -2.43. The van der Waals surface area contributed by atoms with E-state index in [-0.39, 0.29) is 16.6 Å². The fourth-order valence-electron chi connectivity index (χ4n) is 5.18. The normalized spacial score (nSPS) is 15.9. The van der Waals surface area contributed by atoms with E-state index in [1.165, 1.54) is 35.5 Å². The van der Waals surface area contributed by atoms with E-state index in [2.05, 4.69) is 4.98 Å². The number of carbonyl (C=O) groups excluding carboxylic acids is 1. The Bertz CT molecular complexity index is 1800. The highest BCUT2D eigenvalue weighted by molar-refractivity contribution is 7.90. The van der Waals surface area contributed by atoms with Crippen LogP contribution in [-0.2, 0) is 14.8 Å². The molecule has 10 heteroatoms. The topological polar surface area (TPSA) is 90.7 Å². The van der Waals surface area contributed by atoms with Crippen molar-refractivity contribution in [1.29, 1.82) is 0 Å². The van der Waals surface area contributed by atoms with E-state index in [1.54, 1.807) is 41.3 Å². The molecule has 1 aliphatic heterocycles. The smallest absolute Gasteiger partial charge is 0.410 e. The molecule has 2 aromatic carbocycles. The molecule has 1 atom stereocenters. The zero-order valence-corrected chi connectivity index (χ0v) is 25.3. The van der Waals surface area contributed by atoms with Crippen LogP contribution < -0.4 is 4.74 Å². The summed E-state index contributed by atoms with van der Waals surface area (Å²) in [5.74, 6) is -0.00755. The summed E-state index contributed by atoms with van der Waals surface area (Å²) in [5.41, 5.74) is 2.72. The Morgan fingerprint density at radius 2 is 1.76 bits per heavy atom. The van der Waals surface area contributed by atoms with Gasteiger partial charge in [-0.2, -0.15) is 0 Å². The molecule has 4 aromatic rings. The van der Waals surface area contributed by atoms with E-state index in [4.69, 9.17) is 9.47 Å². The number of rotatable bonds is 5. The number of nitrogens with zero attached hydrogens (tertiary/aromatic N) is 3. The minimum atomic E-state index is -4.11. The number of aryl methyl sites for hydroxylation is 1.